The lowest BCUT2D eigenvalue weighted by molar-refractivity contribution is 0.176. The van der Waals surface area contributed by atoms with Gasteiger partial charge in [0.2, 0.25) is 0 Å². The van der Waals surface area contributed by atoms with Gasteiger partial charge in [0, 0.05) is 18.7 Å². The van der Waals surface area contributed by atoms with Crippen LogP contribution in [0.2, 0.25) is 5.02 Å². The van der Waals surface area contributed by atoms with Gasteiger partial charge in [0.15, 0.2) is 0 Å². The number of rotatable bonds is 9. The maximum Gasteiger partial charge on any atom is 0.0465 e. The molecule has 0 saturated heterocycles. The molecule has 1 atom stereocenters. The molecule has 1 rings (SSSR count). The van der Waals surface area contributed by atoms with E-state index in [1.165, 1.54) is 12.0 Å². The monoisotopic (exact) mass is 269 g/mol. The Bertz CT molecular complexity index is 313. The molecule has 0 spiro atoms. The summed E-state index contributed by atoms with van der Waals surface area (Å²) < 4.78 is 5.19. The largest absolute Gasteiger partial charge is 0.385 e. The average Bonchev–Trinajstić information content (AvgIpc) is 2.38. The van der Waals surface area contributed by atoms with Crippen LogP contribution >= 0.6 is 11.6 Å². The van der Waals surface area contributed by atoms with Crippen molar-refractivity contribution in [2.24, 2.45) is 5.92 Å². The van der Waals surface area contributed by atoms with Crippen LogP contribution in [0.5, 0.6) is 0 Å². The summed E-state index contributed by atoms with van der Waals surface area (Å²) in [6.07, 6.45) is 3.35. The van der Waals surface area contributed by atoms with E-state index in [1.54, 1.807) is 7.11 Å². The van der Waals surface area contributed by atoms with E-state index in [4.69, 9.17) is 16.3 Å². The van der Waals surface area contributed by atoms with Gasteiger partial charge >= 0.3 is 0 Å². The number of ether oxygens (including phenoxy) is 1. The normalized spacial score (nSPS) is 12.6. The fraction of sp³-hybridized carbons (Fsp3) is 0.600. The molecule has 2 nitrogen and oxygen atoms in total. The van der Waals surface area contributed by atoms with Crippen LogP contribution < -0.4 is 5.32 Å². The van der Waals surface area contributed by atoms with E-state index in [-0.39, 0.29) is 0 Å². The number of hydrogen-bond donors (Lipinski definition) is 1. The maximum atomic E-state index is 5.90. The van der Waals surface area contributed by atoms with Crippen LogP contribution in [0.25, 0.3) is 0 Å². The third kappa shape index (κ3) is 6.39. The molecule has 102 valence electrons. The molecule has 0 bridgehead atoms. The fourth-order valence-electron chi connectivity index (χ4n) is 2.00. The highest BCUT2D eigenvalue weighted by Gasteiger charge is 2.09. The van der Waals surface area contributed by atoms with Crippen LogP contribution in [0, 0.1) is 5.92 Å². The van der Waals surface area contributed by atoms with Gasteiger partial charge in [0.05, 0.1) is 0 Å². The van der Waals surface area contributed by atoms with Crippen molar-refractivity contribution in [3.8, 4) is 0 Å². The van der Waals surface area contributed by atoms with Crippen LogP contribution in [0.1, 0.15) is 25.3 Å². The highest BCUT2D eigenvalue weighted by molar-refractivity contribution is 6.30. The first-order valence-electron chi connectivity index (χ1n) is 6.70. The summed E-state index contributed by atoms with van der Waals surface area (Å²) in [5, 5.41) is 4.30. The first-order valence-corrected chi connectivity index (χ1v) is 7.08. The predicted molar refractivity (Wildman–Crippen MR) is 78.3 cm³/mol. The van der Waals surface area contributed by atoms with Crippen molar-refractivity contribution < 1.29 is 4.74 Å². The Morgan fingerprint density at radius 3 is 2.61 bits per heavy atom. The van der Waals surface area contributed by atoms with Gasteiger partial charge in [-0.3, -0.25) is 0 Å². The van der Waals surface area contributed by atoms with Gasteiger partial charge in [0.25, 0.3) is 0 Å². The van der Waals surface area contributed by atoms with Crippen molar-refractivity contribution in [3.63, 3.8) is 0 Å². The molecular formula is C15H24ClNO. The zero-order chi connectivity index (χ0) is 13.2. The highest BCUT2D eigenvalue weighted by atomic mass is 35.5. The standard InChI is InChI=1S/C15H24ClNO/c1-3-9-17-12-14(8-10-18-2)11-13-4-6-15(16)7-5-13/h4-7,14,17H,3,8-12H2,1-2H3. The summed E-state index contributed by atoms with van der Waals surface area (Å²) in [7, 11) is 1.76. The van der Waals surface area contributed by atoms with Gasteiger partial charge < -0.3 is 10.1 Å². The zero-order valence-electron chi connectivity index (χ0n) is 11.4. The SMILES string of the molecule is CCCNCC(CCOC)Cc1ccc(Cl)cc1. The van der Waals surface area contributed by atoms with E-state index in [0.717, 1.165) is 37.6 Å². The molecule has 0 amide bonds. The second-order valence-electron chi connectivity index (χ2n) is 4.68. The lowest BCUT2D eigenvalue weighted by Gasteiger charge is -2.17. The topological polar surface area (TPSA) is 21.3 Å². The molecule has 0 aromatic heterocycles. The molecule has 0 aliphatic heterocycles. The van der Waals surface area contributed by atoms with Gasteiger partial charge in [-0.05, 0) is 56.0 Å². The summed E-state index contributed by atoms with van der Waals surface area (Å²) in [4.78, 5) is 0. The minimum Gasteiger partial charge on any atom is -0.385 e. The molecule has 0 heterocycles. The van der Waals surface area contributed by atoms with Crippen LogP contribution in [0.15, 0.2) is 24.3 Å². The van der Waals surface area contributed by atoms with E-state index in [1.807, 2.05) is 12.1 Å². The molecule has 0 aliphatic rings. The third-order valence-electron chi connectivity index (χ3n) is 3.03. The molecule has 1 aromatic rings. The first-order chi connectivity index (χ1) is 8.76. The predicted octanol–water partition coefficient (Wildman–Crippen LogP) is 3.53. The summed E-state index contributed by atoms with van der Waals surface area (Å²) in [6, 6.07) is 8.15. The lowest BCUT2D eigenvalue weighted by Crippen LogP contribution is -2.26. The third-order valence-corrected chi connectivity index (χ3v) is 3.28. The van der Waals surface area contributed by atoms with Gasteiger partial charge in [-0.15, -0.1) is 0 Å². The summed E-state index contributed by atoms with van der Waals surface area (Å²) in [5.41, 5.74) is 1.35. The Morgan fingerprint density at radius 1 is 1.28 bits per heavy atom. The minimum atomic E-state index is 0.623. The highest BCUT2D eigenvalue weighted by Crippen LogP contribution is 2.15. The minimum absolute atomic E-state index is 0.623. The Balaban J connectivity index is 2.45. The van der Waals surface area contributed by atoms with Crippen molar-refractivity contribution in [3.05, 3.63) is 34.9 Å². The molecule has 3 heteroatoms. The molecule has 1 unspecified atom stereocenters. The zero-order valence-corrected chi connectivity index (χ0v) is 12.2. The summed E-state index contributed by atoms with van der Waals surface area (Å²) in [5.74, 6) is 0.623. The van der Waals surface area contributed by atoms with Crippen molar-refractivity contribution >= 4 is 11.6 Å². The van der Waals surface area contributed by atoms with Crippen LogP contribution in [0.4, 0.5) is 0 Å². The first kappa shape index (κ1) is 15.5. The quantitative estimate of drug-likeness (QED) is 0.693. The molecule has 18 heavy (non-hydrogen) atoms. The molecule has 0 saturated carbocycles. The molecule has 0 aliphatic carbocycles. The van der Waals surface area contributed by atoms with Crippen molar-refractivity contribution in [1.82, 2.24) is 5.32 Å². The van der Waals surface area contributed by atoms with Crippen molar-refractivity contribution in [1.29, 1.82) is 0 Å². The number of methoxy groups -OCH3 is 1. The van der Waals surface area contributed by atoms with E-state index in [9.17, 15) is 0 Å². The van der Waals surface area contributed by atoms with Gasteiger partial charge in [-0.25, -0.2) is 0 Å². The average molecular weight is 270 g/mol. The molecule has 0 radical (unpaired) electrons. The van der Waals surface area contributed by atoms with Gasteiger partial charge in [-0.1, -0.05) is 30.7 Å². The number of hydrogen-bond acceptors (Lipinski definition) is 2. The van der Waals surface area contributed by atoms with Crippen molar-refractivity contribution in [2.75, 3.05) is 26.8 Å². The van der Waals surface area contributed by atoms with Gasteiger partial charge in [-0.2, -0.15) is 0 Å². The second kappa shape index (κ2) is 9.37. The molecular weight excluding hydrogens is 246 g/mol. The lowest BCUT2D eigenvalue weighted by atomic mass is 9.96. The Hall–Kier alpha value is -0.570. The number of halogens is 1. The van der Waals surface area contributed by atoms with Gasteiger partial charge in [0.1, 0.15) is 0 Å². The Labute approximate surface area is 116 Å². The van der Waals surface area contributed by atoms with Crippen LogP contribution in [-0.4, -0.2) is 26.8 Å². The Kier molecular flexibility index (Phi) is 8.06. The van der Waals surface area contributed by atoms with E-state index < -0.39 is 0 Å². The molecule has 1 N–H and O–H groups in total. The van der Waals surface area contributed by atoms with E-state index >= 15 is 0 Å². The van der Waals surface area contributed by atoms with Crippen LogP contribution in [-0.2, 0) is 11.2 Å². The number of nitrogens with one attached hydrogen (secondary N) is 1. The maximum absolute atomic E-state index is 5.90. The Morgan fingerprint density at radius 2 is 2.00 bits per heavy atom. The van der Waals surface area contributed by atoms with Crippen molar-refractivity contribution in [2.45, 2.75) is 26.2 Å². The number of benzene rings is 1. The fourth-order valence-corrected chi connectivity index (χ4v) is 2.12. The van der Waals surface area contributed by atoms with E-state index in [2.05, 4.69) is 24.4 Å². The summed E-state index contributed by atoms with van der Waals surface area (Å²) in [6.45, 7) is 5.16. The van der Waals surface area contributed by atoms with Crippen LogP contribution in [0.3, 0.4) is 0 Å². The summed E-state index contributed by atoms with van der Waals surface area (Å²) >= 11 is 5.90. The smallest absolute Gasteiger partial charge is 0.0465 e. The second-order valence-corrected chi connectivity index (χ2v) is 5.12. The molecule has 1 aromatic carbocycles. The van der Waals surface area contributed by atoms with E-state index in [0.29, 0.717) is 5.92 Å². The molecule has 0 fully saturated rings.